The molecule has 0 saturated carbocycles. The second-order valence-corrected chi connectivity index (χ2v) is 7.94. The minimum absolute atomic E-state index is 0.00344. The largest absolute Gasteiger partial charge is 0.480 e. The van der Waals surface area contributed by atoms with Crippen LogP contribution in [0.25, 0.3) is 5.57 Å². The van der Waals surface area contributed by atoms with Gasteiger partial charge in [0, 0.05) is 13.1 Å². The van der Waals surface area contributed by atoms with Crippen molar-refractivity contribution in [2.24, 2.45) is 5.92 Å². The van der Waals surface area contributed by atoms with E-state index in [2.05, 4.69) is 0 Å². The molecule has 1 aliphatic heterocycles. The molecule has 1 atom stereocenters. The first-order valence-corrected chi connectivity index (χ1v) is 9.20. The van der Waals surface area contributed by atoms with Crippen LogP contribution in [-0.4, -0.2) is 52.6 Å². The maximum Gasteiger partial charge on any atom is 0.324 e. The Bertz CT molecular complexity index is 761. The molecule has 0 fully saturated rings. The molecule has 7 nitrogen and oxygen atoms in total. The van der Waals surface area contributed by atoms with Crippen LogP contribution in [0.3, 0.4) is 0 Å². The van der Waals surface area contributed by atoms with Gasteiger partial charge in [-0.25, -0.2) is 4.39 Å². The normalized spacial score (nSPS) is 17.6. The summed E-state index contributed by atoms with van der Waals surface area (Å²) in [6.45, 7) is 3.12. The van der Waals surface area contributed by atoms with Gasteiger partial charge >= 0.3 is 16.2 Å². The zero-order chi connectivity index (χ0) is 18.8. The minimum Gasteiger partial charge on any atom is -0.480 e. The van der Waals surface area contributed by atoms with Gasteiger partial charge in [-0.2, -0.15) is 12.7 Å². The SMILES string of the molecule is CC(C)[C@H](C(=O)O)N(O)S(=O)(=O)N1CC=C(c2ccc(F)cc2)CC1. The fourth-order valence-corrected chi connectivity index (χ4v) is 4.12. The Morgan fingerprint density at radius 2 is 1.88 bits per heavy atom. The zero-order valence-electron chi connectivity index (χ0n) is 14.0. The van der Waals surface area contributed by atoms with Gasteiger partial charge in [-0.1, -0.05) is 36.5 Å². The van der Waals surface area contributed by atoms with Crippen LogP contribution < -0.4 is 0 Å². The number of carboxylic acid groups (broad SMARTS) is 1. The van der Waals surface area contributed by atoms with E-state index in [1.54, 1.807) is 18.2 Å². The molecule has 0 bridgehead atoms. The van der Waals surface area contributed by atoms with E-state index >= 15 is 0 Å². The first-order valence-electron chi connectivity index (χ1n) is 7.80. The van der Waals surface area contributed by atoms with Gasteiger partial charge in [0.15, 0.2) is 6.04 Å². The highest BCUT2D eigenvalue weighted by molar-refractivity contribution is 7.86. The number of hydrogen-bond donors (Lipinski definition) is 2. The van der Waals surface area contributed by atoms with E-state index in [1.165, 1.54) is 26.0 Å². The van der Waals surface area contributed by atoms with Gasteiger partial charge in [0.25, 0.3) is 0 Å². The Hall–Kier alpha value is -1.81. The third-order valence-corrected chi connectivity index (χ3v) is 5.76. The molecule has 0 amide bonds. The molecule has 0 radical (unpaired) electrons. The summed E-state index contributed by atoms with van der Waals surface area (Å²) in [5, 5.41) is 19.2. The molecule has 0 saturated heterocycles. The number of carbonyl (C=O) groups is 1. The Balaban J connectivity index is 2.17. The number of hydroxylamine groups is 1. The molecule has 2 rings (SSSR count). The number of rotatable bonds is 6. The Morgan fingerprint density at radius 3 is 2.32 bits per heavy atom. The Morgan fingerprint density at radius 1 is 1.28 bits per heavy atom. The second-order valence-electron chi connectivity index (χ2n) is 6.15. The summed E-state index contributed by atoms with van der Waals surface area (Å²) in [7, 11) is -4.33. The van der Waals surface area contributed by atoms with Crippen LogP contribution in [0.5, 0.6) is 0 Å². The molecule has 0 unspecified atom stereocenters. The number of nitrogens with zero attached hydrogens (tertiary/aromatic N) is 2. The molecule has 1 aromatic carbocycles. The maximum absolute atomic E-state index is 13.0. The van der Waals surface area contributed by atoms with E-state index in [9.17, 15) is 22.8 Å². The highest BCUT2D eigenvalue weighted by Gasteiger charge is 2.40. The lowest BCUT2D eigenvalue weighted by Crippen LogP contribution is -2.52. The summed E-state index contributed by atoms with van der Waals surface area (Å²) in [6.07, 6.45) is 2.05. The Labute approximate surface area is 146 Å². The van der Waals surface area contributed by atoms with Crippen molar-refractivity contribution in [2.45, 2.75) is 26.3 Å². The second kappa shape index (κ2) is 7.61. The van der Waals surface area contributed by atoms with Crippen molar-refractivity contribution in [1.29, 1.82) is 0 Å². The average molecular weight is 372 g/mol. The molecule has 25 heavy (non-hydrogen) atoms. The standard InChI is InChI=1S/C16H21FN2O5S/c1-11(2)15(16(20)21)19(22)25(23,24)18-9-7-13(8-10-18)12-3-5-14(17)6-4-12/h3-7,11,15,22H,8-10H2,1-2H3,(H,20,21)/t15-/m1/s1. The summed E-state index contributed by atoms with van der Waals surface area (Å²) < 4.78 is 38.9. The van der Waals surface area contributed by atoms with Gasteiger partial charge in [0.2, 0.25) is 0 Å². The molecule has 1 aliphatic rings. The van der Waals surface area contributed by atoms with Crippen LogP contribution in [0.4, 0.5) is 4.39 Å². The summed E-state index contributed by atoms with van der Waals surface area (Å²) in [6, 6.07) is 4.32. The number of aliphatic carboxylic acids is 1. The van der Waals surface area contributed by atoms with Crippen LogP contribution in [-0.2, 0) is 15.0 Å². The van der Waals surface area contributed by atoms with E-state index in [0.29, 0.717) is 6.42 Å². The summed E-state index contributed by atoms with van der Waals surface area (Å²) in [4.78, 5) is 11.2. The quantitative estimate of drug-likeness (QED) is 0.744. The number of halogens is 1. The van der Waals surface area contributed by atoms with E-state index < -0.39 is 28.1 Å². The van der Waals surface area contributed by atoms with Crippen molar-refractivity contribution in [3.05, 3.63) is 41.7 Å². The molecule has 2 N–H and O–H groups in total. The monoisotopic (exact) mass is 372 g/mol. The van der Waals surface area contributed by atoms with Gasteiger partial charge in [-0.15, -0.1) is 0 Å². The lowest BCUT2D eigenvalue weighted by atomic mass is 10.0. The molecule has 0 aliphatic carbocycles. The van der Waals surface area contributed by atoms with Gasteiger partial charge in [-0.3, -0.25) is 10.0 Å². The molecular formula is C16H21FN2O5S. The van der Waals surface area contributed by atoms with Crippen LogP contribution in [0.15, 0.2) is 30.3 Å². The molecule has 0 spiro atoms. The first-order chi connectivity index (χ1) is 11.6. The highest BCUT2D eigenvalue weighted by Crippen LogP contribution is 2.25. The maximum atomic E-state index is 13.0. The van der Waals surface area contributed by atoms with Crippen molar-refractivity contribution in [2.75, 3.05) is 13.1 Å². The lowest BCUT2D eigenvalue weighted by Gasteiger charge is -2.32. The molecule has 1 heterocycles. The fourth-order valence-electron chi connectivity index (χ4n) is 2.68. The number of carboxylic acids is 1. The predicted octanol–water partition coefficient (Wildman–Crippen LogP) is 1.96. The topological polar surface area (TPSA) is 98.1 Å². The summed E-state index contributed by atoms with van der Waals surface area (Å²) >= 11 is 0. The van der Waals surface area contributed by atoms with Gasteiger partial charge < -0.3 is 5.11 Å². The van der Waals surface area contributed by atoms with Crippen molar-refractivity contribution >= 4 is 21.8 Å². The molecule has 138 valence electrons. The lowest BCUT2D eigenvalue weighted by molar-refractivity contribution is -0.155. The van der Waals surface area contributed by atoms with Gasteiger partial charge in [0.1, 0.15) is 5.82 Å². The number of hydrogen-bond acceptors (Lipinski definition) is 4. The third kappa shape index (κ3) is 4.24. The van der Waals surface area contributed by atoms with Crippen LogP contribution in [0.1, 0.15) is 25.8 Å². The van der Waals surface area contributed by atoms with Gasteiger partial charge in [-0.05, 0) is 35.6 Å². The fraction of sp³-hybridized carbons (Fsp3) is 0.438. The minimum atomic E-state index is -4.33. The van der Waals surface area contributed by atoms with Crippen molar-refractivity contribution in [3.63, 3.8) is 0 Å². The van der Waals surface area contributed by atoms with Crippen LogP contribution in [0, 0.1) is 11.7 Å². The molecular weight excluding hydrogens is 351 g/mol. The van der Waals surface area contributed by atoms with E-state index in [4.69, 9.17) is 5.11 Å². The van der Waals surface area contributed by atoms with Gasteiger partial charge in [0.05, 0.1) is 0 Å². The third-order valence-electron chi connectivity index (χ3n) is 4.07. The smallest absolute Gasteiger partial charge is 0.324 e. The molecule has 0 aromatic heterocycles. The van der Waals surface area contributed by atoms with Crippen molar-refractivity contribution < 1.29 is 27.9 Å². The van der Waals surface area contributed by atoms with Crippen molar-refractivity contribution in [1.82, 2.24) is 8.77 Å². The Kier molecular flexibility index (Phi) is 5.94. The predicted molar refractivity (Wildman–Crippen MR) is 89.4 cm³/mol. The van der Waals surface area contributed by atoms with Crippen LogP contribution in [0.2, 0.25) is 0 Å². The van der Waals surface area contributed by atoms with E-state index in [-0.39, 0.29) is 23.4 Å². The van der Waals surface area contributed by atoms with E-state index in [0.717, 1.165) is 15.4 Å². The molecule has 1 aromatic rings. The summed E-state index contributed by atoms with van der Waals surface area (Å²) in [5.74, 6) is -2.37. The zero-order valence-corrected chi connectivity index (χ0v) is 14.8. The van der Waals surface area contributed by atoms with E-state index in [1.807, 2.05) is 0 Å². The van der Waals surface area contributed by atoms with Crippen molar-refractivity contribution in [3.8, 4) is 0 Å². The summed E-state index contributed by atoms with van der Waals surface area (Å²) in [5.41, 5.74) is 1.67. The average Bonchev–Trinajstić information content (AvgIpc) is 2.55. The number of benzene rings is 1. The molecule has 9 heteroatoms. The van der Waals surface area contributed by atoms with Crippen LogP contribution >= 0.6 is 0 Å². The highest BCUT2D eigenvalue weighted by atomic mass is 32.2. The first kappa shape index (κ1) is 19.5.